The van der Waals surface area contributed by atoms with E-state index in [0.29, 0.717) is 5.56 Å². The normalized spacial score (nSPS) is 11.0. The van der Waals surface area contributed by atoms with Crippen molar-refractivity contribution in [1.29, 1.82) is 0 Å². The Bertz CT molecular complexity index is 737. The molecule has 3 aromatic rings. The maximum Gasteiger partial charge on any atom is 0.153 e. The molecule has 0 unspecified atom stereocenters. The van der Waals surface area contributed by atoms with E-state index in [0.717, 1.165) is 34.1 Å². The van der Waals surface area contributed by atoms with Gasteiger partial charge in [-0.15, -0.1) is 0 Å². The monoisotopic (exact) mass is 239 g/mol. The number of carbonyl (C=O) groups is 1. The molecular formula is C14H13N3O. The summed E-state index contributed by atoms with van der Waals surface area (Å²) >= 11 is 0. The molecule has 3 rings (SSSR count). The van der Waals surface area contributed by atoms with Crippen LogP contribution in [-0.2, 0) is 0 Å². The van der Waals surface area contributed by atoms with Crippen molar-refractivity contribution >= 4 is 17.2 Å². The molecule has 2 heterocycles. The van der Waals surface area contributed by atoms with Gasteiger partial charge in [0.05, 0.1) is 17.5 Å². The fraction of sp³-hybridized carbons (Fsp3) is 0.143. The van der Waals surface area contributed by atoms with Crippen molar-refractivity contribution in [3.63, 3.8) is 0 Å². The highest BCUT2D eigenvalue weighted by Crippen LogP contribution is 2.32. The van der Waals surface area contributed by atoms with Crippen LogP contribution in [-0.4, -0.2) is 21.5 Å². The van der Waals surface area contributed by atoms with Gasteiger partial charge in [-0.2, -0.15) is 5.10 Å². The molecule has 18 heavy (non-hydrogen) atoms. The number of benzene rings is 1. The predicted molar refractivity (Wildman–Crippen MR) is 70.7 cm³/mol. The SMILES string of the molecule is Cc1ccc2[nH]c(C)c(-c3[nH]ncc3C=O)c2c1. The van der Waals surface area contributed by atoms with Crippen molar-refractivity contribution < 1.29 is 4.79 Å². The van der Waals surface area contributed by atoms with Crippen molar-refractivity contribution in [2.45, 2.75) is 13.8 Å². The summed E-state index contributed by atoms with van der Waals surface area (Å²) in [5, 5.41) is 7.97. The lowest BCUT2D eigenvalue weighted by molar-refractivity contribution is 0.112. The van der Waals surface area contributed by atoms with Crippen LogP contribution in [0.2, 0.25) is 0 Å². The Morgan fingerprint density at radius 1 is 1.28 bits per heavy atom. The standard InChI is InChI=1S/C14H13N3O/c1-8-3-4-12-11(5-8)13(9(2)16-12)14-10(7-18)6-15-17-14/h3-7,16H,1-2H3,(H,15,17). The summed E-state index contributed by atoms with van der Waals surface area (Å²) in [4.78, 5) is 14.4. The minimum Gasteiger partial charge on any atom is -0.358 e. The van der Waals surface area contributed by atoms with E-state index in [1.807, 2.05) is 6.92 Å². The zero-order chi connectivity index (χ0) is 12.7. The number of aromatic nitrogens is 3. The number of hydrogen-bond acceptors (Lipinski definition) is 2. The molecule has 0 saturated carbocycles. The summed E-state index contributed by atoms with van der Waals surface area (Å²) in [7, 11) is 0. The number of fused-ring (bicyclic) bond motifs is 1. The molecule has 2 N–H and O–H groups in total. The van der Waals surface area contributed by atoms with Gasteiger partial charge in [0, 0.05) is 22.2 Å². The van der Waals surface area contributed by atoms with Gasteiger partial charge < -0.3 is 4.98 Å². The van der Waals surface area contributed by atoms with E-state index < -0.39 is 0 Å². The third-order valence-electron chi connectivity index (χ3n) is 3.19. The van der Waals surface area contributed by atoms with E-state index in [9.17, 15) is 4.79 Å². The van der Waals surface area contributed by atoms with Gasteiger partial charge in [0.1, 0.15) is 0 Å². The maximum atomic E-state index is 11.0. The van der Waals surface area contributed by atoms with E-state index in [2.05, 4.69) is 40.3 Å². The molecule has 4 nitrogen and oxygen atoms in total. The van der Waals surface area contributed by atoms with Gasteiger partial charge in [-0.1, -0.05) is 11.6 Å². The van der Waals surface area contributed by atoms with Gasteiger partial charge in [0.25, 0.3) is 0 Å². The van der Waals surface area contributed by atoms with Gasteiger partial charge in [0.15, 0.2) is 6.29 Å². The Labute approximate surface area is 104 Å². The first-order valence-electron chi connectivity index (χ1n) is 5.78. The molecule has 2 aromatic heterocycles. The third-order valence-corrected chi connectivity index (χ3v) is 3.19. The van der Waals surface area contributed by atoms with Crippen LogP contribution in [0, 0.1) is 13.8 Å². The number of H-pyrrole nitrogens is 2. The molecule has 0 bridgehead atoms. The van der Waals surface area contributed by atoms with Crippen LogP contribution in [0.4, 0.5) is 0 Å². The zero-order valence-electron chi connectivity index (χ0n) is 10.2. The fourth-order valence-electron chi connectivity index (χ4n) is 2.35. The van der Waals surface area contributed by atoms with E-state index >= 15 is 0 Å². The third kappa shape index (κ3) is 1.46. The highest BCUT2D eigenvalue weighted by atomic mass is 16.1. The molecular weight excluding hydrogens is 226 g/mol. The number of nitrogens with zero attached hydrogens (tertiary/aromatic N) is 1. The lowest BCUT2D eigenvalue weighted by Gasteiger charge is -2.00. The summed E-state index contributed by atoms with van der Waals surface area (Å²) < 4.78 is 0. The highest BCUT2D eigenvalue weighted by molar-refractivity contribution is 6.00. The number of nitrogens with one attached hydrogen (secondary N) is 2. The Balaban J connectivity index is 2.37. The first-order chi connectivity index (χ1) is 8.70. The molecule has 0 aliphatic rings. The van der Waals surface area contributed by atoms with Crippen molar-refractivity contribution in [1.82, 2.24) is 15.2 Å². The molecule has 4 heteroatoms. The molecule has 0 amide bonds. The number of aldehydes is 1. The predicted octanol–water partition coefficient (Wildman–Crippen LogP) is 2.99. The minimum absolute atomic E-state index is 0.584. The van der Waals surface area contributed by atoms with Crippen LogP contribution < -0.4 is 0 Å². The van der Waals surface area contributed by atoms with Gasteiger partial charge in [0.2, 0.25) is 0 Å². The van der Waals surface area contributed by atoms with Crippen molar-refractivity contribution in [3.05, 3.63) is 41.2 Å². The van der Waals surface area contributed by atoms with Gasteiger partial charge >= 0.3 is 0 Å². The molecule has 0 aliphatic heterocycles. The van der Waals surface area contributed by atoms with Crippen molar-refractivity contribution in [2.24, 2.45) is 0 Å². The van der Waals surface area contributed by atoms with Gasteiger partial charge in [-0.25, -0.2) is 0 Å². The lowest BCUT2D eigenvalue weighted by Crippen LogP contribution is -1.86. The van der Waals surface area contributed by atoms with Gasteiger partial charge in [-0.05, 0) is 26.0 Å². The maximum absolute atomic E-state index is 11.0. The smallest absolute Gasteiger partial charge is 0.153 e. The number of aryl methyl sites for hydroxylation is 2. The van der Waals surface area contributed by atoms with Crippen molar-refractivity contribution in [2.75, 3.05) is 0 Å². The van der Waals surface area contributed by atoms with Crippen molar-refractivity contribution in [3.8, 4) is 11.3 Å². The highest BCUT2D eigenvalue weighted by Gasteiger charge is 2.15. The molecule has 0 spiro atoms. The number of carbonyl (C=O) groups excluding carboxylic acids is 1. The Morgan fingerprint density at radius 2 is 2.11 bits per heavy atom. The number of rotatable bonds is 2. The zero-order valence-corrected chi connectivity index (χ0v) is 10.2. The Morgan fingerprint density at radius 3 is 2.89 bits per heavy atom. The summed E-state index contributed by atoms with van der Waals surface area (Å²) in [5.41, 5.74) is 5.67. The van der Waals surface area contributed by atoms with Crippen LogP contribution in [0.5, 0.6) is 0 Å². The lowest BCUT2D eigenvalue weighted by atomic mass is 10.0. The molecule has 0 aliphatic carbocycles. The molecule has 0 radical (unpaired) electrons. The van der Waals surface area contributed by atoms with E-state index in [4.69, 9.17) is 0 Å². The summed E-state index contributed by atoms with van der Waals surface area (Å²) in [6, 6.07) is 6.23. The first kappa shape index (κ1) is 10.8. The second kappa shape index (κ2) is 3.84. The van der Waals surface area contributed by atoms with E-state index in [1.54, 1.807) is 6.20 Å². The molecule has 0 fully saturated rings. The first-order valence-corrected chi connectivity index (χ1v) is 5.78. The van der Waals surface area contributed by atoms with Gasteiger partial charge in [-0.3, -0.25) is 9.89 Å². The van der Waals surface area contributed by atoms with Crippen LogP contribution in [0.3, 0.4) is 0 Å². The second-order valence-corrected chi connectivity index (χ2v) is 4.49. The average molecular weight is 239 g/mol. The van der Waals surface area contributed by atoms with Crippen LogP contribution in [0.15, 0.2) is 24.4 Å². The van der Waals surface area contributed by atoms with Crippen LogP contribution in [0.1, 0.15) is 21.6 Å². The number of aromatic amines is 2. The fourth-order valence-corrected chi connectivity index (χ4v) is 2.35. The Kier molecular flexibility index (Phi) is 2.30. The summed E-state index contributed by atoms with van der Waals surface area (Å²) in [6.45, 7) is 4.05. The Hall–Kier alpha value is -2.36. The van der Waals surface area contributed by atoms with E-state index in [-0.39, 0.29) is 0 Å². The molecule has 90 valence electrons. The molecule has 1 aromatic carbocycles. The van der Waals surface area contributed by atoms with Crippen LogP contribution in [0.25, 0.3) is 22.2 Å². The molecule has 0 atom stereocenters. The number of hydrogen-bond donors (Lipinski definition) is 2. The quantitative estimate of drug-likeness (QED) is 0.675. The summed E-state index contributed by atoms with van der Waals surface area (Å²) in [5.74, 6) is 0. The topological polar surface area (TPSA) is 61.5 Å². The second-order valence-electron chi connectivity index (χ2n) is 4.49. The minimum atomic E-state index is 0.584. The van der Waals surface area contributed by atoms with Crippen LogP contribution >= 0.6 is 0 Å². The summed E-state index contributed by atoms with van der Waals surface area (Å²) in [6.07, 6.45) is 2.38. The largest absolute Gasteiger partial charge is 0.358 e. The van der Waals surface area contributed by atoms with E-state index in [1.165, 1.54) is 5.56 Å². The molecule has 0 saturated heterocycles. The average Bonchev–Trinajstić information content (AvgIpc) is 2.91.